The summed E-state index contributed by atoms with van der Waals surface area (Å²) in [5.74, 6) is 0. The van der Waals surface area contributed by atoms with Crippen LogP contribution >= 0.6 is 22.7 Å². The molecule has 13 aromatic rings. The highest BCUT2D eigenvalue weighted by molar-refractivity contribution is 7.26. The summed E-state index contributed by atoms with van der Waals surface area (Å²) in [5, 5.41) is 33.5. The van der Waals surface area contributed by atoms with Gasteiger partial charge in [-0.25, -0.2) is 0 Å². The predicted octanol–water partition coefficient (Wildman–Crippen LogP) is 14.3. The van der Waals surface area contributed by atoms with Gasteiger partial charge < -0.3 is 13.6 Å². The zero-order valence-electron chi connectivity index (χ0n) is 29.9. The topological polar surface area (TPSA) is 70.6 Å². The SMILES string of the molecule is N#Cc1c(C#N)c(-n2c3ccccc3c3cc4sc5ccccc5c4cc32)c2c(oc3ccccc32)c1-n1c2ccccc2c2cc3sc4ccccc4c3cc21. The highest BCUT2D eigenvalue weighted by atomic mass is 32.1. The maximum Gasteiger partial charge on any atom is 0.162 e. The van der Waals surface area contributed by atoms with Gasteiger partial charge in [-0.2, -0.15) is 10.5 Å². The molecule has 0 atom stereocenters. The molecule has 5 heterocycles. The number of furan rings is 1. The number of hydrogen-bond acceptors (Lipinski definition) is 5. The molecule has 0 saturated heterocycles. The van der Waals surface area contributed by atoms with Gasteiger partial charge in [-0.15, -0.1) is 22.7 Å². The number of para-hydroxylation sites is 3. The minimum absolute atomic E-state index is 0.268. The van der Waals surface area contributed by atoms with Crippen LogP contribution in [0, 0.1) is 22.7 Å². The lowest BCUT2D eigenvalue weighted by molar-refractivity contribution is 0.666. The normalized spacial score (nSPS) is 12.2. The van der Waals surface area contributed by atoms with E-state index in [1.165, 1.54) is 29.6 Å². The van der Waals surface area contributed by atoms with Gasteiger partial charge >= 0.3 is 0 Å². The van der Waals surface area contributed by atoms with Crippen molar-refractivity contribution in [2.24, 2.45) is 0 Å². The van der Waals surface area contributed by atoms with E-state index in [9.17, 15) is 10.5 Å². The van der Waals surface area contributed by atoms with Crippen LogP contribution in [0.1, 0.15) is 11.1 Å². The van der Waals surface area contributed by atoms with Gasteiger partial charge in [0.25, 0.3) is 0 Å². The Morgan fingerprint density at radius 2 is 0.860 bits per heavy atom. The summed E-state index contributed by atoms with van der Waals surface area (Å²) in [4.78, 5) is 0. The molecule has 0 unspecified atom stereocenters. The zero-order valence-corrected chi connectivity index (χ0v) is 31.5. The number of fused-ring (bicyclic) bond motifs is 15. The van der Waals surface area contributed by atoms with Crippen molar-refractivity contribution in [2.75, 3.05) is 0 Å². The summed E-state index contributed by atoms with van der Waals surface area (Å²) >= 11 is 3.58. The smallest absolute Gasteiger partial charge is 0.162 e. The van der Waals surface area contributed by atoms with E-state index in [-0.39, 0.29) is 5.56 Å². The van der Waals surface area contributed by atoms with Crippen LogP contribution in [0.25, 0.3) is 117 Å². The third-order valence-corrected chi connectivity index (χ3v) is 14.1. The molecule has 0 spiro atoms. The van der Waals surface area contributed by atoms with Gasteiger partial charge in [-0.05, 0) is 54.6 Å². The first-order valence-corrected chi connectivity index (χ1v) is 20.3. The lowest BCUT2D eigenvalue weighted by atomic mass is 9.98. The molecule has 0 N–H and O–H groups in total. The van der Waals surface area contributed by atoms with Crippen molar-refractivity contribution in [1.29, 1.82) is 10.5 Å². The molecule has 0 saturated carbocycles. The van der Waals surface area contributed by atoms with E-state index in [1.54, 1.807) is 22.7 Å². The molecule has 0 aliphatic carbocycles. The fourth-order valence-electron chi connectivity index (χ4n) is 9.43. The van der Waals surface area contributed by atoms with Crippen LogP contribution in [0.5, 0.6) is 0 Å². The van der Waals surface area contributed by atoms with Crippen LogP contribution in [-0.2, 0) is 0 Å². The Morgan fingerprint density at radius 1 is 0.404 bits per heavy atom. The molecule has 8 aromatic carbocycles. The molecule has 0 aliphatic heterocycles. The van der Waals surface area contributed by atoms with Gasteiger partial charge in [0.05, 0.1) is 44.3 Å². The number of hydrogen-bond donors (Lipinski definition) is 0. The van der Waals surface area contributed by atoms with Crippen LogP contribution < -0.4 is 0 Å². The van der Waals surface area contributed by atoms with Crippen molar-refractivity contribution in [2.45, 2.75) is 0 Å². The van der Waals surface area contributed by atoms with E-state index in [4.69, 9.17) is 4.42 Å². The van der Waals surface area contributed by atoms with Gasteiger partial charge in [0, 0.05) is 67.3 Å². The molecule has 0 radical (unpaired) electrons. The standard InChI is InChI=1S/C50H24N4OS2/c51-25-36-37(26-52)49(54-39-17-7-2-12-28(39)33-24-46-35(22-41(33)54)30-14-5-10-20-44(30)57-46)50-47(31-15-3-8-18-42(31)55-50)48(36)53-38-16-6-1-11-27(38)32-23-45-34(21-40(32)53)29-13-4-9-19-43(29)56-45/h1-24H. The molecule has 0 amide bonds. The second kappa shape index (κ2) is 11.1. The fraction of sp³-hybridized carbons (Fsp3) is 0. The Kier molecular flexibility index (Phi) is 6.00. The van der Waals surface area contributed by atoms with Gasteiger partial charge in [-0.1, -0.05) is 91.0 Å². The number of benzene rings is 8. The number of aromatic nitrogens is 2. The highest BCUT2D eigenvalue weighted by Crippen LogP contribution is 2.48. The van der Waals surface area contributed by atoms with Crippen molar-refractivity contribution >= 4 is 129 Å². The van der Waals surface area contributed by atoms with Gasteiger partial charge in [-0.3, -0.25) is 0 Å². The molecule has 5 nitrogen and oxygen atoms in total. The van der Waals surface area contributed by atoms with Crippen molar-refractivity contribution in [1.82, 2.24) is 9.13 Å². The zero-order chi connectivity index (χ0) is 37.5. The largest absolute Gasteiger partial charge is 0.454 e. The summed E-state index contributed by atoms with van der Waals surface area (Å²) in [6, 6.07) is 56.0. The summed E-state index contributed by atoms with van der Waals surface area (Å²) in [5.41, 5.74) is 6.85. The first-order chi connectivity index (χ1) is 28.2. The Morgan fingerprint density at radius 3 is 1.42 bits per heavy atom. The van der Waals surface area contributed by atoms with Crippen molar-refractivity contribution in [3.05, 3.63) is 157 Å². The monoisotopic (exact) mass is 760 g/mol. The summed E-state index contributed by atoms with van der Waals surface area (Å²) in [6.45, 7) is 0. The first-order valence-electron chi connectivity index (χ1n) is 18.7. The fourth-order valence-corrected chi connectivity index (χ4v) is 11.7. The van der Waals surface area contributed by atoms with Gasteiger partial charge in [0.2, 0.25) is 0 Å². The molecule has 0 fully saturated rings. The number of nitriles is 2. The quantitative estimate of drug-likeness (QED) is 0.176. The van der Waals surface area contributed by atoms with E-state index < -0.39 is 0 Å². The van der Waals surface area contributed by atoms with E-state index in [2.05, 4.69) is 137 Å². The molecular formula is C50H24N4OS2. The Hall–Kier alpha value is -7.42. The summed E-state index contributed by atoms with van der Waals surface area (Å²) in [7, 11) is 0. The van der Waals surface area contributed by atoms with Gasteiger partial charge in [0.1, 0.15) is 23.4 Å². The summed E-state index contributed by atoms with van der Waals surface area (Å²) < 4.78 is 16.2. The molecule has 57 heavy (non-hydrogen) atoms. The molecule has 262 valence electrons. The second-order valence-corrected chi connectivity index (χ2v) is 16.8. The first kappa shape index (κ1) is 30.9. The highest BCUT2D eigenvalue weighted by Gasteiger charge is 2.30. The molecular weight excluding hydrogens is 737 g/mol. The maximum atomic E-state index is 11.5. The van der Waals surface area contributed by atoms with E-state index in [1.807, 2.05) is 30.3 Å². The minimum Gasteiger partial charge on any atom is -0.454 e. The molecule has 13 rings (SSSR count). The average molecular weight is 761 g/mol. The van der Waals surface area contributed by atoms with Crippen LogP contribution in [0.2, 0.25) is 0 Å². The van der Waals surface area contributed by atoms with Crippen LogP contribution in [0.15, 0.2) is 150 Å². The molecule has 0 aliphatic rings. The Labute approximate surface area is 331 Å². The lowest BCUT2D eigenvalue weighted by Crippen LogP contribution is -2.06. The van der Waals surface area contributed by atoms with E-state index >= 15 is 0 Å². The minimum atomic E-state index is 0.268. The Bertz CT molecular complexity index is 4030. The van der Waals surface area contributed by atoms with Crippen molar-refractivity contribution in [3.63, 3.8) is 0 Å². The molecule has 5 aromatic heterocycles. The third-order valence-electron chi connectivity index (χ3n) is 11.8. The number of rotatable bonds is 2. The summed E-state index contributed by atoms with van der Waals surface area (Å²) in [6.07, 6.45) is 0. The van der Waals surface area contributed by atoms with Crippen molar-refractivity contribution < 1.29 is 4.42 Å². The van der Waals surface area contributed by atoms with E-state index in [0.717, 1.165) is 65.2 Å². The van der Waals surface area contributed by atoms with Crippen LogP contribution in [-0.4, -0.2) is 9.13 Å². The second-order valence-electron chi connectivity index (χ2n) is 14.6. The Balaban J connectivity index is 1.25. The third kappa shape index (κ3) is 3.94. The number of nitrogens with zero attached hydrogens (tertiary/aromatic N) is 4. The van der Waals surface area contributed by atoms with Gasteiger partial charge in [0.15, 0.2) is 5.58 Å². The average Bonchev–Trinajstić information content (AvgIpc) is 4.06. The van der Waals surface area contributed by atoms with Crippen LogP contribution in [0.4, 0.5) is 0 Å². The number of thiophene rings is 2. The lowest BCUT2D eigenvalue weighted by Gasteiger charge is -2.18. The van der Waals surface area contributed by atoms with Crippen LogP contribution in [0.3, 0.4) is 0 Å². The van der Waals surface area contributed by atoms with E-state index in [0.29, 0.717) is 28.1 Å². The predicted molar refractivity (Wildman–Crippen MR) is 238 cm³/mol. The molecule has 7 heteroatoms. The van der Waals surface area contributed by atoms with Crippen molar-refractivity contribution in [3.8, 4) is 23.5 Å². The maximum absolute atomic E-state index is 11.5. The molecule has 0 bridgehead atoms.